The van der Waals surface area contributed by atoms with Crippen molar-refractivity contribution in [2.75, 3.05) is 18.4 Å². The molecule has 0 aliphatic rings. The molecule has 4 N–H and O–H groups in total. The first kappa shape index (κ1) is 26.2. The number of hydrogen-bond donors (Lipinski definition) is 3. The monoisotopic (exact) mass is 545 g/mol. The number of nitrogens with one attached hydrogen (secondary N) is 2. The van der Waals surface area contributed by atoms with Crippen LogP contribution in [0.5, 0.6) is 5.75 Å². The second-order valence-corrected chi connectivity index (χ2v) is 12.0. The Morgan fingerprint density at radius 3 is 2.64 bits per heavy atom. The van der Waals surface area contributed by atoms with Crippen LogP contribution in [0.1, 0.15) is 25.0 Å². The molecular formula is C25H28ClN5O3S2. The molecule has 0 radical (unpaired) electrons. The number of methoxy groups -OCH3 is 1. The van der Waals surface area contributed by atoms with Crippen molar-refractivity contribution in [2.24, 2.45) is 11.1 Å². The van der Waals surface area contributed by atoms with E-state index in [9.17, 15) is 9.00 Å². The third kappa shape index (κ3) is 5.73. The average Bonchev–Trinajstić information content (AvgIpc) is 3.46. The highest BCUT2D eigenvalue weighted by Gasteiger charge is 2.25. The zero-order chi connectivity index (χ0) is 25.9. The van der Waals surface area contributed by atoms with Crippen molar-refractivity contribution in [3.63, 3.8) is 0 Å². The second kappa shape index (κ2) is 11.0. The van der Waals surface area contributed by atoms with E-state index in [0.717, 1.165) is 22.0 Å². The number of nitrogens with two attached hydrogens (primary N) is 1. The van der Waals surface area contributed by atoms with E-state index < -0.39 is 16.4 Å². The van der Waals surface area contributed by atoms with Crippen molar-refractivity contribution in [2.45, 2.75) is 31.1 Å². The largest absolute Gasteiger partial charge is 0.496 e. The molecule has 8 nitrogen and oxygen atoms in total. The Kier molecular flexibility index (Phi) is 7.99. The number of hydrogen-bond acceptors (Lipinski definition) is 6. The van der Waals surface area contributed by atoms with Gasteiger partial charge in [0, 0.05) is 13.1 Å². The maximum Gasteiger partial charge on any atom is 0.227 e. The molecule has 36 heavy (non-hydrogen) atoms. The Hall–Kier alpha value is -2.92. The van der Waals surface area contributed by atoms with Crippen LogP contribution < -0.4 is 20.5 Å². The van der Waals surface area contributed by atoms with Crippen LogP contribution in [-0.2, 0) is 28.9 Å². The first-order chi connectivity index (χ1) is 17.2. The minimum absolute atomic E-state index is 0.0867. The van der Waals surface area contributed by atoms with Gasteiger partial charge in [-0.25, -0.2) is 4.21 Å². The number of rotatable bonds is 10. The summed E-state index contributed by atoms with van der Waals surface area (Å²) < 4.78 is 24.5. The summed E-state index contributed by atoms with van der Waals surface area (Å²) in [4.78, 5) is 12.4. The number of ether oxygens (including phenoxy) is 1. The van der Waals surface area contributed by atoms with E-state index in [2.05, 4.69) is 10.0 Å². The van der Waals surface area contributed by atoms with Crippen molar-refractivity contribution < 1.29 is 13.7 Å². The highest BCUT2D eigenvalue weighted by atomic mass is 35.5. The van der Waals surface area contributed by atoms with Crippen molar-refractivity contribution in [1.82, 2.24) is 15.1 Å². The lowest BCUT2D eigenvalue weighted by molar-refractivity contribution is -0.129. The van der Waals surface area contributed by atoms with E-state index >= 15 is 0 Å². The summed E-state index contributed by atoms with van der Waals surface area (Å²) in [5.74, 6) is 0.996. The maximum absolute atomic E-state index is 12.9. The summed E-state index contributed by atoms with van der Waals surface area (Å²) in [5.41, 5.74) is 7.90. The Balaban J connectivity index is 1.60. The molecule has 2 heterocycles. The van der Waals surface area contributed by atoms with Crippen LogP contribution in [0, 0.1) is 5.41 Å². The predicted molar refractivity (Wildman–Crippen MR) is 146 cm³/mol. The molecule has 0 bridgehead atoms. The van der Waals surface area contributed by atoms with Gasteiger partial charge in [-0.05, 0) is 49.2 Å². The lowest BCUT2D eigenvalue weighted by Crippen LogP contribution is -2.41. The molecule has 4 rings (SSSR count). The van der Waals surface area contributed by atoms with Crippen molar-refractivity contribution >= 4 is 56.6 Å². The highest BCUT2D eigenvalue weighted by molar-refractivity contribution is 7.88. The number of benzene rings is 2. The smallest absolute Gasteiger partial charge is 0.227 e. The van der Waals surface area contributed by atoms with Gasteiger partial charge in [0.15, 0.2) is 16.8 Å². The molecule has 0 fully saturated rings. The van der Waals surface area contributed by atoms with E-state index in [0.29, 0.717) is 33.2 Å². The first-order valence-electron chi connectivity index (χ1n) is 11.3. The molecule has 2 aromatic carbocycles. The number of thiophene rings is 1. The molecule has 0 saturated heterocycles. The van der Waals surface area contributed by atoms with Crippen LogP contribution in [0.3, 0.4) is 0 Å². The van der Waals surface area contributed by atoms with Crippen LogP contribution in [0.4, 0.5) is 5.82 Å². The summed E-state index contributed by atoms with van der Waals surface area (Å²) in [5, 5.41) is 8.43. The lowest BCUT2D eigenvalue weighted by atomic mass is 9.92. The lowest BCUT2D eigenvalue weighted by Gasteiger charge is -2.21. The molecular weight excluding hydrogens is 518 g/mol. The van der Waals surface area contributed by atoms with Gasteiger partial charge in [-0.15, -0.1) is 11.3 Å². The second-order valence-electron chi connectivity index (χ2n) is 8.88. The fourth-order valence-corrected chi connectivity index (χ4v) is 5.84. The number of halogens is 1. The predicted octanol–water partition coefficient (Wildman–Crippen LogP) is 4.54. The van der Waals surface area contributed by atoms with E-state index in [1.54, 1.807) is 19.2 Å². The molecule has 1 unspecified atom stereocenters. The average molecular weight is 546 g/mol. The minimum Gasteiger partial charge on any atom is -0.496 e. The molecule has 4 aromatic rings. The highest BCUT2D eigenvalue weighted by Crippen LogP contribution is 2.34. The number of fused-ring (bicyclic) bond motifs is 1. The van der Waals surface area contributed by atoms with E-state index in [1.165, 1.54) is 11.3 Å². The van der Waals surface area contributed by atoms with Crippen molar-refractivity contribution in [1.29, 1.82) is 0 Å². The summed E-state index contributed by atoms with van der Waals surface area (Å²) in [7, 11) is 0.0642. The SMILES string of the molecule is COc1cccc2c1c(NS(=O)c1ccc(Cl)s1)nn2Cc1cccc(CNC(=O)C(C)(C)CN)c1. The number of anilines is 1. The molecule has 0 spiro atoms. The summed E-state index contributed by atoms with van der Waals surface area (Å²) in [6.45, 7) is 4.79. The van der Waals surface area contributed by atoms with E-state index in [1.807, 2.05) is 61.0 Å². The maximum atomic E-state index is 12.9. The molecule has 1 amide bonds. The van der Waals surface area contributed by atoms with Crippen LogP contribution in [0.15, 0.2) is 58.8 Å². The molecule has 0 aliphatic carbocycles. The van der Waals surface area contributed by atoms with Gasteiger partial charge in [-0.3, -0.25) is 14.2 Å². The zero-order valence-corrected chi connectivity index (χ0v) is 22.6. The van der Waals surface area contributed by atoms with Gasteiger partial charge in [0.1, 0.15) is 9.96 Å². The third-order valence-electron chi connectivity index (χ3n) is 5.78. The standard InChI is InChI=1S/C25H28ClN5O3S2/c1-25(2,15-27)24(32)28-13-16-6-4-7-17(12-16)14-31-18-8-5-9-19(34-3)22(18)23(29-31)30-36(33)21-11-10-20(26)35-21/h4-12H,13-15,27H2,1-3H3,(H,28,32)(H,29,30). The summed E-state index contributed by atoms with van der Waals surface area (Å²) >= 11 is 7.27. The zero-order valence-electron chi connectivity index (χ0n) is 20.2. The van der Waals surface area contributed by atoms with Crippen LogP contribution in [-0.4, -0.2) is 33.6 Å². The van der Waals surface area contributed by atoms with Crippen molar-refractivity contribution in [3.05, 3.63) is 70.1 Å². The molecule has 1 atom stereocenters. The van der Waals surface area contributed by atoms with Gasteiger partial charge in [-0.2, -0.15) is 5.10 Å². The molecule has 0 aliphatic heterocycles. The number of aromatic nitrogens is 2. The number of nitrogens with zero attached hydrogens (tertiary/aromatic N) is 2. The Labute approximate surface area is 221 Å². The number of amides is 1. The number of carbonyl (C=O) groups excluding carboxylic acids is 1. The van der Waals surface area contributed by atoms with Crippen LogP contribution >= 0.6 is 22.9 Å². The van der Waals surface area contributed by atoms with Gasteiger partial charge >= 0.3 is 0 Å². The quantitative estimate of drug-likeness (QED) is 0.271. The molecule has 190 valence electrons. The summed E-state index contributed by atoms with van der Waals surface area (Å²) in [6, 6.07) is 17.1. The van der Waals surface area contributed by atoms with E-state index in [-0.39, 0.29) is 12.5 Å². The van der Waals surface area contributed by atoms with E-state index in [4.69, 9.17) is 27.2 Å². The van der Waals surface area contributed by atoms with Crippen LogP contribution in [0.25, 0.3) is 10.9 Å². The van der Waals surface area contributed by atoms with Gasteiger partial charge < -0.3 is 15.8 Å². The van der Waals surface area contributed by atoms with Gasteiger partial charge in [0.05, 0.1) is 34.3 Å². The molecule has 0 saturated carbocycles. The Bertz CT molecular complexity index is 1420. The topological polar surface area (TPSA) is 111 Å². The number of carbonyl (C=O) groups is 1. The van der Waals surface area contributed by atoms with Crippen LogP contribution in [0.2, 0.25) is 4.34 Å². The normalized spacial score (nSPS) is 12.5. The first-order valence-corrected chi connectivity index (χ1v) is 13.6. The van der Waals surface area contributed by atoms with Gasteiger partial charge in [0.2, 0.25) is 5.91 Å². The van der Waals surface area contributed by atoms with Gasteiger partial charge in [-0.1, -0.05) is 41.9 Å². The Morgan fingerprint density at radius 1 is 1.19 bits per heavy atom. The van der Waals surface area contributed by atoms with Crippen molar-refractivity contribution in [3.8, 4) is 5.75 Å². The summed E-state index contributed by atoms with van der Waals surface area (Å²) in [6.07, 6.45) is 0. The fraction of sp³-hybridized carbons (Fsp3) is 0.280. The molecule has 11 heteroatoms. The molecule has 2 aromatic heterocycles. The fourth-order valence-electron chi connectivity index (χ4n) is 3.62. The van der Waals surface area contributed by atoms with Gasteiger partial charge in [0.25, 0.3) is 0 Å². The Morgan fingerprint density at radius 2 is 1.94 bits per heavy atom. The third-order valence-corrected chi connectivity index (χ3v) is 8.39. The minimum atomic E-state index is -1.53.